The van der Waals surface area contributed by atoms with E-state index in [1.807, 2.05) is 65.2 Å². The van der Waals surface area contributed by atoms with Gasteiger partial charge in [-0.05, 0) is 12.2 Å². The monoisotopic (exact) mass is 320 g/mol. The Morgan fingerprint density at radius 3 is 2.67 bits per heavy atom. The van der Waals surface area contributed by atoms with Gasteiger partial charge in [0.15, 0.2) is 11.6 Å². The number of benzene rings is 1. The quantitative estimate of drug-likeness (QED) is 0.794. The van der Waals surface area contributed by atoms with Gasteiger partial charge in [-0.15, -0.1) is 10.2 Å². The number of aromatic nitrogens is 3. The fourth-order valence-corrected chi connectivity index (χ4v) is 3.14. The fraction of sp³-hybridized carbons (Fsp3) is 0.167. The molecule has 2 aliphatic rings. The van der Waals surface area contributed by atoms with Crippen molar-refractivity contribution in [1.29, 1.82) is 0 Å². The molecule has 2 aliphatic heterocycles. The summed E-state index contributed by atoms with van der Waals surface area (Å²) >= 11 is 0. The highest BCUT2D eigenvalue weighted by Crippen LogP contribution is 2.37. The number of carbonyl (C=O) groups excluding carboxylic acids is 1. The summed E-state index contributed by atoms with van der Waals surface area (Å²) in [6.07, 6.45) is 5.79. The summed E-state index contributed by atoms with van der Waals surface area (Å²) in [7, 11) is 3.31. The van der Waals surface area contributed by atoms with Gasteiger partial charge in [-0.25, -0.2) is 4.79 Å². The van der Waals surface area contributed by atoms with Gasteiger partial charge in [-0.3, -0.25) is 0 Å². The molecule has 1 aromatic carbocycles. The molecule has 6 nitrogen and oxygen atoms in total. The molecule has 1 aromatic heterocycles. The zero-order valence-electron chi connectivity index (χ0n) is 13.4. The lowest BCUT2D eigenvalue weighted by molar-refractivity contribution is -0.136. The predicted octanol–water partition coefficient (Wildman–Crippen LogP) is 2.23. The first-order chi connectivity index (χ1) is 11.7. The minimum absolute atomic E-state index is 0.337. The van der Waals surface area contributed by atoms with Crippen molar-refractivity contribution >= 4 is 11.5 Å². The Kier molecular flexibility index (Phi) is 3.30. The van der Waals surface area contributed by atoms with E-state index in [-0.39, 0.29) is 5.97 Å². The lowest BCUT2D eigenvalue weighted by atomic mass is 9.98. The molecular formula is C18H16N4O2. The topological polar surface area (TPSA) is 60.2 Å². The van der Waals surface area contributed by atoms with Crippen molar-refractivity contribution in [1.82, 2.24) is 19.7 Å². The van der Waals surface area contributed by atoms with Gasteiger partial charge in [0.05, 0.1) is 24.9 Å². The van der Waals surface area contributed by atoms with Crippen molar-refractivity contribution < 1.29 is 9.53 Å². The molecule has 0 unspecified atom stereocenters. The van der Waals surface area contributed by atoms with Crippen molar-refractivity contribution in [3.63, 3.8) is 0 Å². The van der Waals surface area contributed by atoms with E-state index in [9.17, 15) is 4.79 Å². The average molecular weight is 320 g/mol. The first-order valence-electron chi connectivity index (χ1n) is 7.63. The standard InChI is InChI=1S/C18H16N4O2/c1-21-10-6-9-13-15(21)14(18(23)24-2)11-22-16(19-20-17(13)22)12-7-4-3-5-8-12/h3-10H,11H2,1-2H3. The van der Waals surface area contributed by atoms with Gasteiger partial charge in [0.25, 0.3) is 0 Å². The van der Waals surface area contributed by atoms with Crippen LogP contribution >= 0.6 is 0 Å². The zero-order valence-corrected chi connectivity index (χ0v) is 13.4. The molecule has 2 aromatic rings. The molecule has 6 heteroatoms. The molecule has 120 valence electrons. The van der Waals surface area contributed by atoms with E-state index in [4.69, 9.17) is 4.74 Å². The Balaban J connectivity index is 1.91. The van der Waals surface area contributed by atoms with Crippen LogP contribution in [-0.2, 0) is 16.1 Å². The second kappa shape index (κ2) is 5.49. The third-order valence-electron chi connectivity index (χ3n) is 4.24. The maximum Gasteiger partial charge on any atom is 0.337 e. The second-order valence-electron chi connectivity index (χ2n) is 5.65. The molecule has 0 saturated heterocycles. The molecule has 0 saturated carbocycles. The van der Waals surface area contributed by atoms with Crippen LogP contribution in [0.25, 0.3) is 17.0 Å². The predicted molar refractivity (Wildman–Crippen MR) is 89.4 cm³/mol. The maximum absolute atomic E-state index is 12.3. The number of hydrogen-bond donors (Lipinski definition) is 0. The van der Waals surface area contributed by atoms with Crippen LogP contribution in [0.4, 0.5) is 0 Å². The summed E-state index contributed by atoms with van der Waals surface area (Å²) in [6.45, 7) is 0.379. The summed E-state index contributed by atoms with van der Waals surface area (Å²) in [4.78, 5) is 14.3. The van der Waals surface area contributed by atoms with Gasteiger partial charge >= 0.3 is 5.97 Å². The zero-order chi connectivity index (χ0) is 16.7. The van der Waals surface area contributed by atoms with Crippen molar-refractivity contribution in [3.8, 4) is 11.4 Å². The largest absolute Gasteiger partial charge is 0.466 e. The number of allylic oxidation sites excluding steroid dienone is 3. The smallest absolute Gasteiger partial charge is 0.337 e. The summed E-state index contributed by atoms with van der Waals surface area (Å²) in [6, 6.07) is 9.83. The van der Waals surface area contributed by atoms with Crippen LogP contribution in [0.2, 0.25) is 0 Å². The number of fused-ring (bicyclic) bond motifs is 3. The maximum atomic E-state index is 12.3. The van der Waals surface area contributed by atoms with Crippen LogP contribution in [0.5, 0.6) is 0 Å². The van der Waals surface area contributed by atoms with Gasteiger partial charge in [-0.1, -0.05) is 30.3 Å². The Morgan fingerprint density at radius 1 is 1.17 bits per heavy atom. The third kappa shape index (κ3) is 2.07. The van der Waals surface area contributed by atoms with E-state index in [2.05, 4.69) is 10.2 Å². The van der Waals surface area contributed by atoms with Crippen LogP contribution in [-0.4, -0.2) is 39.8 Å². The minimum atomic E-state index is -0.337. The molecule has 0 spiro atoms. The molecular weight excluding hydrogens is 304 g/mol. The number of ether oxygens (including phenoxy) is 1. The number of methoxy groups -OCH3 is 1. The van der Waals surface area contributed by atoms with Crippen LogP contribution in [0, 0.1) is 0 Å². The molecule has 24 heavy (non-hydrogen) atoms. The van der Waals surface area contributed by atoms with E-state index in [0.29, 0.717) is 12.1 Å². The Bertz CT molecular complexity index is 906. The number of likely N-dealkylation sites (N-methyl/N-ethyl adjacent to an activating group) is 1. The molecule has 0 atom stereocenters. The molecule has 3 heterocycles. The average Bonchev–Trinajstić information content (AvgIpc) is 3.05. The summed E-state index contributed by atoms with van der Waals surface area (Å²) in [5.41, 5.74) is 3.26. The van der Waals surface area contributed by atoms with Gasteiger partial charge in [0.2, 0.25) is 0 Å². The van der Waals surface area contributed by atoms with E-state index < -0.39 is 0 Å². The van der Waals surface area contributed by atoms with Crippen LogP contribution in [0.1, 0.15) is 5.82 Å². The summed E-state index contributed by atoms with van der Waals surface area (Å²) in [5, 5.41) is 8.72. The molecule has 0 aliphatic carbocycles. The number of nitrogens with zero attached hydrogens (tertiary/aromatic N) is 4. The number of carbonyl (C=O) groups is 1. The SMILES string of the molecule is COC(=O)C1=C2C(=CC=CN2C)c2nnc(-c3ccccc3)n2C1. The first kappa shape index (κ1) is 14.4. The molecule has 0 bridgehead atoms. The van der Waals surface area contributed by atoms with Crippen LogP contribution in [0.15, 0.2) is 60.0 Å². The highest BCUT2D eigenvalue weighted by atomic mass is 16.5. The van der Waals surface area contributed by atoms with Crippen molar-refractivity contribution in [2.24, 2.45) is 0 Å². The molecule has 4 rings (SSSR count). The van der Waals surface area contributed by atoms with Gasteiger partial charge in [-0.2, -0.15) is 0 Å². The van der Waals surface area contributed by atoms with Crippen molar-refractivity contribution in [2.75, 3.05) is 14.2 Å². The van der Waals surface area contributed by atoms with E-state index in [1.165, 1.54) is 7.11 Å². The molecule has 0 fully saturated rings. The molecule has 0 N–H and O–H groups in total. The van der Waals surface area contributed by atoms with E-state index in [1.54, 1.807) is 0 Å². The fourth-order valence-electron chi connectivity index (χ4n) is 3.14. The first-order valence-corrected chi connectivity index (χ1v) is 7.63. The highest BCUT2D eigenvalue weighted by molar-refractivity contribution is 5.96. The van der Waals surface area contributed by atoms with Crippen molar-refractivity contribution in [3.05, 3.63) is 65.8 Å². The van der Waals surface area contributed by atoms with Crippen molar-refractivity contribution in [2.45, 2.75) is 6.54 Å². The van der Waals surface area contributed by atoms with Crippen LogP contribution in [0.3, 0.4) is 0 Å². The minimum Gasteiger partial charge on any atom is -0.466 e. The number of esters is 1. The Labute approximate surface area is 139 Å². The summed E-state index contributed by atoms with van der Waals surface area (Å²) in [5.74, 6) is 1.16. The Morgan fingerprint density at radius 2 is 1.92 bits per heavy atom. The molecule has 0 amide bonds. The summed E-state index contributed by atoms with van der Waals surface area (Å²) < 4.78 is 6.96. The van der Waals surface area contributed by atoms with Gasteiger partial charge < -0.3 is 14.2 Å². The number of hydrogen-bond acceptors (Lipinski definition) is 5. The molecule has 0 radical (unpaired) electrons. The van der Waals surface area contributed by atoms with E-state index in [0.717, 1.165) is 28.5 Å². The van der Waals surface area contributed by atoms with Gasteiger partial charge in [0, 0.05) is 24.4 Å². The lowest BCUT2D eigenvalue weighted by Gasteiger charge is -2.30. The highest BCUT2D eigenvalue weighted by Gasteiger charge is 2.33. The number of rotatable bonds is 2. The second-order valence-corrected chi connectivity index (χ2v) is 5.65. The Hall–Kier alpha value is -3.15. The van der Waals surface area contributed by atoms with Gasteiger partial charge in [0.1, 0.15) is 0 Å². The lowest BCUT2D eigenvalue weighted by Crippen LogP contribution is -2.28. The van der Waals surface area contributed by atoms with Crippen LogP contribution < -0.4 is 0 Å². The normalized spacial score (nSPS) is 15.8. The van der Waals surface area contributed by atoms with E-state index >= 15 is 0 Å². The third-order valence-corrected chi connectivity index (χ3v) is 4.24.